The van der Waals surface area contributed by atoms with Gasteiger partial charge in [0.2, 0.25) is 0 Å². The summed E-state index contributed by atoms with van der Waals surface area (Å²) in [6.45, 7) is 0. The Labute approximate surface area is 417 Å². The molecule has 26 heteroatoms. The Balaban J connectivity index is 0.000000814. The average molecular weight is 1170 g/mol. The summed E-state index contributed by atoms with van der Waals surface area (Å²) >= 11 is -11.2. The molecular formula is C42H38As2Mn2N6O14S2. The first-order valence-electron chi connectivity index (χ1n) is 18.0. The molecule has 0 fully saturated rings. The summed E-state index contributed by atoms with van der Waals surface area (Å²) in [7, 11) is -9.77. The van der Waals surface area contributed by atoms with Crippen molar-refractivity contribution in [3.05, 3.63) is 195 Å². The van der Waals surface area contributed by atoms with Crippen LogP contribution in [-0.4, -0.2) is 103 Å². The molecule has 6 aromatic heterocycles. The summed E-state index contributed by atoms with van der Waals surface area (Å²) in [5, 5.41) is 0. The number of pyridine rings is 6. The van der Waals surface area contributed by atoms with E-state index in [0.29, 0.717) is 0 Å². The van der Waals surface area contributed by atoms with Gasteiger partial charge in [0.05, 0.1) is 34.2 Å². The molecule has 6 heterocycles. The van der Waals surface area contributed by atoms with Gasteiger partial charge >= 0.3 is 200 Å². The molecule has 2 radical (unpaired) electrons. The fraction of sp³-hybridized carbons (Fsp3) is 0. The Kier molecular flexibility index (Phi) is 27.9. The number of hydrogen-bond donors (Lipinski definition) is 2. The van der Waals surface area contributed by atoms with E-state index < -0.39 is 67.1 Å². The van der Waals surface area contributed by atoms with E-state index in [9.17, 15) is 41.6 Å². The van der Waals surface area contributed by atoms with Gasteiger partial charge in [-0.3, -0.25) is 29.9 Å². The maximum Gasteiger partial charge on any atom is 2.00 e. The molecule has 0 amide bonds. The van der Waals surface area contributed by atoms with Crippen LogP contribution in [0.2, 0.25) is 0 Å². The molecule has 2 aromatic carbocycles. The molecule has 2 unspecified atom stereocenters. The van der Waals surface area contributed by atoms with E-state index in [1.807, 2.05) is 109 Å². The van der Waals surface area contributed by atoms with Gasteiger partial charge in [-0.2, -0.15) is 0 Å². The molecule has 6 N–H and O–H groups in total. The van der Waals surface area contributed by atoms with Crippen LogP contribution < -0.4 is 16.9 Å². The van der Waals surface area contributed by atoms with E-state index in [1.54, 1.807) is 37.2 Å². The van der Waals surface area contributed by atoms with E-state index in [4.69, 9.17) is 8.19 Å². The van der Waals surface area contributed by atoms with Crippen LogP contribution in [0.15, 0.2) is 205 Å². The topological polar surface area (TPSA) is 375 Å². The number of aromatic nitrogens is 6. The van der Waals surface area contributed by atoms with Gasteiger partial charge in [-0.05, 0) is 72.8 Å². The third kappa shape index (κ3) is 21.3. The largest absolute Gasteiger partial charge is 2.00 e. The van der Waals surface area contributed by atoms with Crippen LogP contribution in [0.4, 0.5) is 0 Å². The number of hydrogen-bond acceptors (Lipinski definition) is 16. The Bertz CT molecular complexity index is 2620. The summed E-state index contributed by atoms with van der Waals surface area (Å²) in [6.07, 6.45) is 10.6. The standard InChI is InChI=1S/3C10H8N2.2C6H7AsO6S.2Mn.2H2O/c3*1-3-7-11-9(5-1)10-6-2-4-8-12-10;2*8-7(9,10)5-3-1-2-4-6(5)14(11,12)13;;;;/h3*1-8H;2*1-4H,(H2,8,9,10)(H,11,12,13);;;2*1H2/q;;;;;2*+2;;/p-4. The number of rotatable bonds is 7. The van der Waals surface area contributed by atoms with Crippen molar-refractivity contribution < 1.29 is 94.9 Å². The van der Waals surface area contributed by atoms with Crippen LogP contribution in [0.3, 0.4) is 0 Å². The van der Waals surface area contributed by atoms with Gasteiger partial charge in [-0.15, -0.1) is 0 Å². The SMILES string of the molecule is O.O.O=S(=O)([O-])c1ccccc1[As](=O)([O-])O.O=S(=O)([O-])c1ccccc1[As](=O)([O-])O.[Mn+2].[Mn+2].c1ccc(-c2ccccn2)nc1.c1ccc(-c2ccccn2)nc1.c1ccc(-c2ccccn2)nc1. The monoisotopic (exact) mass is 1170 g/mol. The molecule has 8 rings (SSSR count). The molecule has 0 aliphatic rings. The minimum atomic E-state index is -5.61. The summed E-state index contributed by atoms with van der Waals surface area (Å²) in [4.78, 5) is 23.3. The normalized spacial score (nSPS) is 11.8. The zero-order chi connectivity index (χ0) is 46.6. The van der Waals surface area contributed by atoms with Gasteiger partial charge in [0.15, 0.2) is 0 Å². The van der Waals surface area contributed by atoms with Crippen molar-refractivity contribution in [2.45, 2.75) is 9.79 Å². The van der Waals surface area contributed by atoms with Crippen LogP contribution >= 0.6 is 0 Å². The number of nitrogens with zero attached hydrogens (tertiary/aromatic N) is 6. The van der Waals surface area contributed by atoms with Crippen molar-refractivity contribution in [2.75, 3.05) is 0 Å². The van der Waals surface area contributed by atoms with Crippen LogP contribution in [0.1, 0.15) is 0 Å². The molecular weight excluding hydrogens is 1140 g/mol. The fourth-order valence-corrected chi connectivity index (χ4v) is 11.3. The third-order valence-electron chi connectivity index (χ3n) is 7.65. The molecule has 0 saturated heterocycles. The average Bonchev–Trinajstić information content (AvgIpc) is 3.30. The Morgan fingerprint density at radius 1 is 0.353 bits per heavy atom. The second-order valence-corrected chi connectivity index (χ2v) is 21.3. The number of benzene rings is 2. The first-order valence-corrected chi connectivity index (χ1v) is 27.4. The zero-order valence-corrected chi connectivity index (χ0v) is 42.3. The second kappa shape index (κ2) is 30.2. The predicted molar refractivity (Wildman–Crippen MR) is 235 cm³/mol. The van der Waals surface area contributed by atoms with Gasteiger partial charge in [-0.1, -0.05) is 36.4 Å². The summed E-state index contributed by atoms with van der Waals surface area (Å²) < 4.78 is 122. The van der Waals surface area contributed by atoms with E-state index in [2.05, 4.69) is 29.9 Å². The van der Waals surface area contributed by atoms with Crippen molar-refractivity contribution in [3.63, 3.8) is 0 Å². The Hall–Kier alpha value is -5.32. The van der Waals surface area contributed by atoms with Crippen LogP contribution in [0.5, 0.6) is 0 Å². The summed E-state index contributed by atoms with van der Waals surface area (Å²) in [6, 6.07) is 43.0. The molecule has 68 heavy (non-hydrogen) atoms. The Morgan fingerprint density at radius 2 is 0.529 bits per heavy atom. The minimum absolute atomic E-state index is 0. The van der Waals surface area contributed by atoms with Crippen LogP contribution in [-0.2, 0) is 61.9 Å². The van der Waals surface area contributed by atoms with Gasteiger partial charge in [0, 0.05) is 37.2 Å². The van der Waals surface area contributed by atoms with Gasteiger partial charge in [-0.25, -0.2) is 0 Å². The molecule has 8 aromatic rings. The molecule has 356 valence electrons. The first-order chi connectivity index (χ1) is 30.4. The predicted octanol–water partition coefficient (Wildman–Crippen LogP) is -0.184. The molecule has 0 aliphatic carbocycles. The van der Waals surface area contributed by atoms with E-state index in [-0.39, 0.29) is 45.1 Å². The van der Waals surface area contributed by atoms with Gasteiger partial charge in [0.1, 0.15) is 0 Å². The molecule has 0 saturated carbocycles. The van der Waals surface area contributed by atoms with E-state index in [1.165, 1.54) is 24.3 Å². The molecule has 20 nitrogen and oxygen atoms in total. The van der Waals surface area contributed by atoms with Crippen molar-refractivity contribution in [3.8, 4) is 34.2 Å². The third-order valence-corrected chi connectivity index (χ3v) is 14.3. The van der Waals surface area contributed by atoms with Crippen molar-refractivity contribution in [2.24, 2.45) is 0 Å². The summed E-state index contributed by atoms with van der Waals surface area (Å²) in [5.74, 6) is 0. The molecule has 0 spiro atoms. The van der Waals surface area contributed by atoms with Crippen molar-refractivity contribution in [1.29, 1.82) is 0 Å². The van der Waals surface area contributed by atoms with Crippen molar-refractivity contribution >= 4 is 57.3 Å². The fourth-order valence-electron chi connectivity index (χ4n) is 4.89. The minimum Gasteiger partial charge on any atom is -0.255 e. The molecule has 0 bridgehead atoms. The maximum atomic E-state index is 10.7. The summed E-state index contributed by atoms with van der Waals surface area (Å²) in [5.41, 5.74) is 5.49. The van der Waals surface area contributed by atoms with Crippen LogP contribution in [0, 0.1) is 0 Å². The van der Waals surface area contributed by atoms with Crippen molar-refractivity contribution in [1.82, 2.24) is 29.9 Å². The molecule has 2 atom stereocenters. The zero-order valence-electron chi connectivity index (χ0n) is 34.6. The van der Waals surface area contributed by atoms with E-state index in [0.717, 1.165) is 58.4 Å². The van der Waals surface area contributed by atoms with Crippen LogP contribution in [0.25, 0.3) is 34.2 Å². The van der Waals surface area contributed by atoms with E-state index >= 15 is 0 Å². The first kappa shape index (κ1) is 62.7. The quantitative estimate of drug-likeness (QED) is 0.154. The van der Waals surface area contributed by atoms with Gasteiger partial charge in [0.25, 0.3) is 0 Å². The molecule has 0 aliphatic heterocycles. The Morgan fingerprint density at radius 3 is 0.662 bits per heavy atom. The van der Waals surface area contributed by atoms with Gasteiger partial charge < -0.3 is 11.0 Å². The second-order valence-electron chi connectivity index (χ2n) is 12.2. The smallest absolute Gasteiger partial charge is 0.255 e. The maximum absolute atomic E-state index is 10.7.